The summed E-state index contributed by atoms with van der Waals surface area (Å²) >= 11 is 0. The van der Waals surface area contributed by atoms with Crippen molar-refractivity contribution in [2.24, 2.45) is 46.3 Å². The summed E-state index contributed by atoms with van der Waals surface area (Å²) in [6.45, 7) is 5.16. The maximum atomic E-state index is 2.74. The van der Waals surface area contributed by atoms with Crippen molar-refractivity contribution in [2.75, 3.05) is 0 Å². The van der Waals surface area contributed by atoms with E-state index in [0.717, 1.165) is 46.3 Å². The average molecular weight is 329 g/mol. The van der Waals surface area contributed by atoms with Crippen LogP contribution in [-0.4, -0.2) is 0 Å². The van der Waals surface area contributed by atoms with E-state index in [1.165, 1.54) is 25.7 Å². The molecule has 0 aromatic carbocycles. The fourth-order valence-corrected chi connectivity index (χ4v) is 9.72. The van der Waals surface area contributed by atoms with Gasteiger partial charge in [0, 0.05) is 0 Å². The van der Waals surface area contributed by atoms with E-state index in [-0.39, 0.29) is 0 Å². The molecule has 5 saturated carbocycles. The second-order valence-electron chi connectivity index (χ2n) is 10.9. The lowest BCUT2D eigenvalue weighted by atomic mass is 9.44. The lowest BCUT2D eigenvalue weighted by molar-refractivity contribution is -0.112. The SMILES string of the molecule is CCC[C@@H]1CCC23CCC4C(CC[C@H]5CCCC[C@]45C)C2CC[C@H]13. The van der Waals surface area contributed by atoms with E-state index < -0.39 is 0 Å². The molecule has 0 N–H and O–H groups in total. The highest BCUT2D eigenvalue weighted by molar-refractivity contribution is 5.12. The van der Waals surface area contributed by atoms with E-state index in [1.54, 1.807) is 64.2 Å². The Balaban J connectivity index is 1.42. The molecule has 0 radical (unpaired) electrons. The van der Waals surface area contributed by atoms with Crippen molar-refractivity contribution in [3.8, 4) is 0 Å². The minimum absolute atomic E-state index is 0.738. The van der Waals surface area contributed by atoms with E-state index in [4.69, 9.17) is 0 Å². The molecule has 5 aliphatic rings. The van der Waals surface area contributed by atoms with Crippen LogP contribution >= 0.6 is 0 Å². The molecule has 4 unspecified atom stereocenters. The molecular weight excluding hydrogens is 288 g/mol. The first-order valence-corrected chi connectivity index (χ1v) is 11.7. The molecule has 0 aromatic heterocycles. The lowest BCUT2D eigenvalue weighted by Gasteiger charge is -2.60. The molecule has 5 rings (SSSR count). The molecule has 5 aliphatic carbocycles. The zero-order valence-electron chi connectivity index (χ0n) is 16.4. The van der Waals surface area contributed by atoms with Gasteiger partial charge in [-0.05, 0) is 111 Å². The van der Waals surface area contributed by atoms with Crippen LogP contribution in [0.4, 0.5) is 0 Å². The molecule has 1 spiro atoms. The van der Waals surface area contributed by atoms with Gasteiger partial charge in [-0.1, -0.05) is 39.5 Å². The Morgan fingerprint density at radius 2 is 1.58 bits per heavy atom. The average Bonchev–Trinajstić information content (AvgIpc) is 3.12. The van der Waals surface area contributed by atoms with Crippen LogP contribution in [0, 0.1) is 46.3 Å². The largest absolute Gasteiger partial charge is 0.0654 e. The fourth-order valence-electron chi connectivity index (χ4n) is 9.72. The molecule has 24 heavy (non-hydrogen) atoms. The zero-order valence-corrected chi connectivity index (χ0v) is 16.4. The van der Waals surface area contributed by atoms with Gasteiger partial charge < -0.3 is 0 Å². The van der Waals surface area contributed by atoms with Crippen molar-refractivity contribution in [2.45, 2.75) is 104 Å². The van der Waals surface area contributed by atoms with Gasteiger partial charge in [-0.3, -0.25) is 0 Å². The molecule has 0 aliphatic heterocycles. The topological polar surface area (TPSA) is 0 Å². The van der Waals surface area contributed by atoms with Gasteiger partial charge in [-0.2, -0.15) is 0 Å². The molecule has 0 heteroatoms. The summed E-state index contributed by atoms with van der Waals surface area (Å²) in [5, 5.41) is 0. The van der Waals surface area contributed by atoms with Gasteiger partial charge in [0.2, 0.25) is 0 Å². The van der Waals surface area contributed by atoms with Crippen molar-refractivity contribution in [1.82, 2.24) is 0 Å². The Labute approximate surface area is 150 Å². The molecule has 136 valence electrons. The first kappa shape index (κ1) is 16.2. The normalized spacial score (nSPS) is 56.2. The maximum Gasteiger partial charge on any atom is -0.0235 e. The monoisotopic (exact) mass is 328 g/mol. The van der Waals surface area contributed by atoms with Crippen LogP contribution in [0.15, 0.2) is 0 Å². The summed E-state index contributed by atoms with van der Waals surface area (Å²) < 4.78 is 0. The van der Waals surface area contributed by atoms with Crippen molar-refractivity contribution in [3.05, 3.63) is 0 Å². The highest BCUT2D eigenvalue weighted by Gasteiger charge is 2.63. The quantitative estimate of drug-likeness (QED) is 0.501. The van der Waals surface area contributed by atoms with Crippen LogP contribution < -0.4 is 0 Å². The molecule has 8 atom stereocenters. The predicted molar refractivity (Wildman–Crippen MR) is 102 cm³/mol. The number of fused-ring (bicyclic) bond motifs is 4. The van der Waals surface area contributed by atoms with Crippen LogP contribution in [-0.2, 0) is 0 Å². The Morgan fingerprint density at radius 3 is 2.46 bits per heavy atom. The minimum Gasteiger partial charge on any atom is -0.0654 e. The third-order valence-electron chi connectivity index (χ3n) is 10.6. The van der Waals surface area contributed by atoms with Gasteiger partial charge in [-0.15, -0.1) is 0 Å². The van der Waals surface area contributed by atoms with E-state index >= 15 is 0 Å². The number of hydrogen-bond acceptors (Lipinski definition) is 0. The second kappa shape index (κ2) is 5.75. The standard InChI is InChI=1S/C24H40/c1-3-6-17-12-15-24-16-13-21-19(22(24)11-10-20(17)24)9-8-18-7-4-5-14-23(18,21)2/h17-22H,3-16H2,1-2H3/t17-,18-,19?,20-,21?,22?,23+,24?/m1/s1. The predicted octanol–water partition coefficient (Wildman–Crippen LogP) is 7.23. The third-order valence-corrected chi connectivity index (χ3v) is 10.6. The van der Waals surface area contributed by atoms with Crippen LogP contribution in [0.2, 0.25) is 0 Å². The molecule has 0 amide bonds. The van der Waals surface area contributed by atoms with Crippen molar-refractivity contribution in [3.63, 3.8) is 0 Å². The number of rotatable bonds is 2. The summed E-state index contributed by atoms with van der Waals surface area (Å²) in [5.41, 5.74) is 1.57. The zero-order chi connectivity index (χ0) is 16.4. The summed E-state index contributed by atoms with van der Waals surface area (Å²) in [7, 11) is 0. The van der Waals surface area contributed by atoms with Gasteiger partial charge in [0.25, 0.3) is 0 Å². The first-order valence-electron chi connectivity index (χ1n) is 11.7. The summed E-state index contributed by atoms with van der Waals surface area (Å²) in [6.07, 6.45) is 22.1. The summed E-state index contributed by atoms with van der Waals surface area (Å²) in [5.74, 6) is 6.72. The van der Waals surface area contributed by atoms with E-state index in [9.17, 15) is 0 Å². The van der Waals surface area contributed by atoms with Gasteiger partial charge in [0.05, 0.1) is 0 Å². The van der Waals surface area contributed by atoms with Gasteiger partial charge in [0.1, 0.15) is 0 Å². The summed E-state index contributed by atoms with van der Waals surface area (Å²) in [4.78, 5) is 0. The highest BCUT2D eigenvalue weighted by atomic mass is 14.7. The smallest absolute Gasteiger partial charge is 0.0235 e. The molecular formula is C24H40. The molecule has 0 heterocycles. The Hall–Kier alpha value is 0. The van der Waals surface area contributed by atoms with Crippen LogP contribution in [0.1, 0.15) is 104 Å². The number of hydrogen-bond donors (Lipinski definition) is 0. The molecule has 0 nitrogen and oxygen atoms in total. The van der Waals surface area contributed by atoms with E-state index in [0.29, 0.717) is 0 Å². The molecule has 0 aromatic rings. The fraction of sp³-hybridized carbons (Fsp3) is 1.00. The first-order chi connectivity index (χ1) is 11.7. The maximum absolute atomic E-state index is 2.74. The van der Waals surface area contributed by atoms with Crippen molar-refractivity contribution < 1.29 is 0 Å². The van der Waals surface area contributed by atoms with Gasteiger partial charge in [0.15, 0.2) is 0 Å². The Bertz CT molecular complexity index is 480. The van der Waals surface area contributed by atoms with Gasteiger partial charge >= 0.3 is 0 Å². The van der Waals surface area contributed by atoms with Gasteiger partial charge in [-0.25, -0.2) is 0 Å². The molecule has 5 fully saturated rings. The van der Waals surface area contributed by atoms with Crippen LogP contribution in [0.5, 0.6) is 0 Å². The molecule has 0 bridgehead atoms. The Morgan fingerprint density at radius 1 is 0.750 bits per heavy atom. The summed E-state index contributed by atoms with van der Waals surface area (Å²) in [6, 6.07) is 0. The van der Waals surface area contributed by atoms with E-state index in [1.807, 2.05) is 0 Å². The van der Waals surface area contributed by atoms with Crippen molar-refractivity contribution in [1.29, 1.82) is 0 Å². The van der Waals surface area contributed by atoms with E-state index in [2.05, 4.69) is 13.8 Å². The molecule has 0 saturated heterocycles. The highest BCUT2D eigenvalue weighted by Crippen LogP contribution is 2.72. The minimum atomic E-state index is 0.738. The third kappa shape index (κ3) is 2.04. The van der Waals surface area contributed by atoms with Crippen LogP contribution in [0.3, 0.4) is 0 Å². The Kier molecular flexibility index (Phi) is 3.88. The lowest BCUT2D eigenvalue weighted by Crippen LogP contribution is -2.52. The van der Waals surface area contributed by atoms with Crippen LogP contribution in [0.25, 0.3) is 0 Å². The second-order valence-corrected chi connectivity index (χ2v) is 10.9. The van der Waals surface area contributed by atoms with Crippen molar-refractivity contribution >= 4 is 0 Å².